The van der Waals surface area contributed by atoms with Gasteiger partial charge < -0.3 is 4.74 Å². The fourth-order valence-electron chi connectivity index (χ4n) is 3.58. The minimum atomic E-state index is -0.571. The normalized spacial score (nSPS) is 15.7. The van der Waals surface area contributed by atoms with Crippen molar-refractivity contribution in [3.8, 4) is 0 Å². The van der Waals surface area contributed by atoms with Crippen LogP contribution in [0.3, 0.4) is 0 Å². The molecular weight excluding hydrogens is 416 g/mol. The molecule has 4 rings (SSSR count). The van der Waals surface area contributed by atoms with E-state index in [2.05, 4.69) is 15.4 Å². The number of rotatable bonds is 4. The van der Waals surface area contributed by atoms with Gasteiger partial charge >= 0.3 is 6.09 Å². The van der Waals surface area contributed by atoms with Gasteiger partial charge in [-0.1, -0.05) is 48.5 Å². The molecule has 1 atom stereocenters. The highest BCUT2D eigenvalue weighted by Crippen LogP contribution is 2.33. The summed E-state index contributed by atoms with van der Waals surface area (Å²) in [6.07, 6.45) is 1.66. The Labute approximate surface area is 193 Å². The Hall–Kier alpha value is -4.00. The monoisotopic (exact) mass is 442 g/mol. The highest BCUT2D eigenvalue weighted by atomic mass is 16.6. The molecule has 7 nitrogen and oxygen atoms in total. The van der Waals surface area contributed by atoms with Crippen molar-refractivity contribution in [1.82, 2.24) is 9.99 Å². The zero-order chi connectivity index (χ0) is 23.4. The number of pyridine rings is 1. The zero-order valence-corrected chi connectivity index (χ0v) is 18.9. The number of carbonyl (C=O) groups excluding carboxylic acids is 2. The number of ether oxygens (including phenoxy) is 1. The minimum absolute atomic E-state index is 0.227. The first-order valence-electron chi connectivity index (χ1n) is 10.8. The number of anilines is 1. The zero-order valence-electron chi connectivity index (χ0n) is 18.9. The highest BCUT2D eigenvalue weighted by molar-refractivity contribution is 6.05. The Morgan fingerprint density at radius 2 is 1.67 bits per heavy atom. The van der Waals surface area contributed by atoms with Gasteiger partial charge in [-0.15, -0.1) is 0 Å². The second-order valence-electron chi connectivity index (χ2n) is 8.75. The van der Waals surface area contributed by atoms with E-state index in [0.29, 0.717) is 17.8 Å². The second kappa shape index (κ2) is 9.24. The van der Waals surface area contributed by atoms with E-state index in [4.69, 9.17) is 4.74 Å². The number of aromatic nitrogens is 1. The summed E-state index contributed by atoms with van der Waals surface area (Å²) in [5.41, 5.74) is 3.06. The quantitative estimate of drug-likeness (QED) is 0.585. The van der Waals surface area contributed by atoms with Gasteiger partial charge in [-0.2, -0.15) is 5.10 Å². The van der Waals surface area contributed by atoms with Crippen molar-refractivity contribution >= 4 is 23.4 Å². The Kier molecular flexibility index (Phi) is 6.22. The topological polar surface area (TPSA) is 83.9 Å². The van der Waals surface area contributed by atoms with Crippen molar-refractivity contribution in [1.29, 1.82) is 0 Å². The van der Waals surface area contributed by atoms with E-state index in [0.717, 1.165) is 16.8 Å². The third-order valence-electron chi connectivity index (χ3n) is 5.05. The van der Waals surface area contributed by atoms with Gasteiger partial charge in [0.2, 0.25) is 0 Å². The molecule has 1 unspecified atom stereocenters. The molecule has 168 valence electrons. The number of amides is 2. The van der Waals surface area contributed by atoms with Crippen molar-refractivity contribution in [2.75, 3.05) is 5.32 Å². The molecule has 1 aromatic heterocycles. The van der Waals surface area contributed by atoms with Gasteiger partial charge in [0.25, 0.3) is 5.91 Å². The average Bonchev–Trinajstić information content (AvgIpc) is 3.24. The predicted molar refractivity (Wildman–Crippen MR) is 127 cm³/mol. The van der Waals surface area contributed by atoms with Gasteiger partial charge in [-0.05, 0) is 56.2 Å². The molecule has 0 saturated carbocycles. The van der Waals surface area contributed by atoms with E-state index < -0.39 is 11.7 Å². The van der Waals surface area contributed by atoms with Gasteiger partial charge in [0.15, 0.2) is 0 Å². The van der Waals surface area contributed by atoms with E-state index in [1.165, 1.54) is 5.01 Å². The molecule has 0 spiro atoms. The summed E-state index contributed by atoms with van der Waals surface area (Å²) < 4.78 is 5.29. The van der Waals surface area contributed by atoms with Crippen LogP contribution in [-0.4, -0.2) is 33.3 Å². The molecular formula is C26H26N4O3. The van der Waals surface area contributed by atoms with E-state index in [1.807, 2.05) is 63.2 Å². The number of benzene rings is 2. The largest absolute Gasteiger partial charge is 0.444 e. The number of nitrogens with one attached hydrogen (secondary N) is 1. The van der Waals surface area contributed by atoms with E-state index in [9.17, 15) is 9.59 Å². The first-order chi connectivity index (χ1) is 15.8. The fourth-order valence-corrected chi connectivity index (χ4v) is 3.58. The van der Waals surface area contributed by atoms with E-state index >= 15 is 0 Å². The molecule has 0 radical (unpaired) electrons. The summed E-state index contributed by atoms with van der Waals surface area (Å²) in [5, 5.41) is 8.92. The third kappa shape index (κ3) is 5.44. The molecule has 7 heteroatoms. The Bertz CT molecular complexity index is 1150. The van der Waals surface area contributed by atoms with Gasteiger partial charge in [0, 0.05) is 18.3 Å². The van der Waals surface area contributed by atoms with Crippen molar-refractivity contribution in [3.05, 3.63) is 95.8 Å². The molecule has 2 heterocycles. The Balaban J connectivity index is 1.57. The summed E-state index contributed by atoms with van der Waals surface area (Å²) in [5.74, 6) is -0.248. The molecule has 3 aromatic rings. The van der Waals surface area contributed by atoms with Crippen LogP contribution in [0.2, 0.25) is 0 Å². The molecule has 1 N–H and O–H groups in total. The molecule has 1 aliphatic heterocycles. The summed E-state index contributed by atoms with van der Waals surface area (Å²) in [6, 6.07) is 22.2. The summed E-state index contributed by atoms with van der Waals surface area (Å²) in [7, 11) is 0. The molecule has 0 fully saturated rings. The van der Waals surface area contributed by atoms with Crippen LogP contribution in [0.25, 0.3) is 0 Å². The molecule has 2 aromatic carbocycles. The molecule has 0 saturated heterocycles. The van der Waals surface area contributed by atoms with Gasteiger partial charge in [-0.25, -0.2) is 9.80 Å². The fraction of sp³-hybridized carbons (Fsp3) is 0.231. The minimum Gasteiger partial charge on any atom is -0.444 e. The summed E-state index contributed by atoms with van der Waals surface area (Å²) in [6.45, 7) is 5.44. The predicted octanol–water partition coefficient (Wildman–Crippen LogP) is 5.42. The van der Waals surface area contributed by atoms with E-state index in [-0.39, 0.29) is 11.9 Å². The van der Waals surface area contributed by atoms with Crippen LogP contribution >= 0.6 is 0 Å². The molecule has 0 bridgehead atoms. The summed E-state index contributed by atoms with van der Waals surface area (Å²) >= 11 is 0. The highest BCUT2D eigenvalue weighted by Gasteiger charge is 2.34. The van der Waals surface area contributed by atoms with Crippen LogP contribution in [0.4, 0.5) is 10.5 Å². The van der Waals surface area contributed by atoms with Crippen LogP contribution in [0.15, 0.2) is 84.1 Å². The van der Waals surface area contributed by atoms with Crippen molar-refractivity contribution < 1.29 is 14.3 Å². The standard InChI is InChI=1S/C26H26N4O3/c1-26(2,3)33-25(32)28-20-14-12-18(13-15-20)22-17-23(19-9-5-4-6-10-19)30(29-22)24(31)21-11-7-8-16-27-21/h4-16,23H,17H2,1-3H3,(H,28,32). The maximum absolute atomic E-state index is 13.2. The van der Waals surface area contributed by atoms with Crippen molar-refractivity contribution in [3.63, 3.8) is 0 Å². The maximum Gasteiger partial charge on any atom is 0.412 e. The van der Waals surface area contributed by atoms with Crippen LogP contribution in [0.5, 0.6) is 0 Å². The Morgan fingerprint density at radius 1 is 0.970 bits per heavy atom. The van der Waals surface area contributed by atoms with Crippen molar-refractivity contribution in [2.24, 2.45) is 5.10 Å². The summed E-state index contributed by atoms with van der Waals surface area (Å²) in [4.78, 5) is 29.4. The lowest BCUT2D eigenvalue weighted by Crippen LogP contribution is -2.27. The van der Waals surface area contributed by atoms with Gasteiger partial charge in [0.1, 0.15) is 11.3 Å². The van der Waals surface area contributed by atoms with Crippen molar-refractivity contribution in [2.45, 2.75) is 38.8 Å². The number of nitrogens with zero attached hydrogens (tertiary/aromatic N) is 3. The number of carbonyl (C=O) groups is 2. The van der Waals surface area contributed by atoms with Crippen LogP contribution in [-0.2, 0) is 4.74 Å². The lowest BCUT2D eigenvalue weighted by Gasteiger charge is -2.21. The molecule has 2 amide bonds. The first kappa shape index (κ1) is 22.2. The van der Waals surface area contributed by atoms with Crippen LogP contribution in [0.1, 0.15) is 54.8 Å². The number of hydrazone groups is 1. The van der Waals surface area contributed by atoms with Gasteiger partial charge in [0.05, 0.1) is 11.8 Å². The second-order valence-corrected chi connectivity index (χ2v) is 8.75. The average molecular weight is 443 g/mol. The molecule has 33 heavy (non-hydrogen) atoms. The lowest BCUT2D eigenvalue weighted by molar-refractivity contribution is 0.0635. The Morgan fingerprint density at radius 3 is 2.30 bits per heavy atom. The first-order valence-corrected chi connectivity index (χ1v) is 10.8. The molecule has 0 aliphatic carbocycles. The molecule has 1 aliphatic rings. The number of hydrogen-bond acceptors (Lipinski definition) is 5. The van der Waals surface area contributed by atoms with Crippen LogP contribution in [0, 0.1) is 0 Å². The number of hydrogen-bond donors (Lipinski definition) is 1. The lowest BCUT2D eigenvalue weighted by atomic mass is 9.98. The SMILES string of the molecule is CC(C)(C)OC(=O)Nc1ccc(C2=NN(C(=O)c3ccccn3)C(c3ccccc3)C2)cc1. The van der Waals surface area contributed by atoms with Crippen LogP contribution < -0.4 is 5.32 Å². The van der Waals surface area contributed by atoms with Gasteiger partial charge in [-0.3, -0.25) is 15.1 Å². The van der Waals surface area contributed by atoms with E-state index in [1.54, 1.807) is 36.5 Å². The maximum atomic E-state index is 13.2. The smallest absolute Gasteiger partial charge is 0.412 e. The third-order valence-corrected chi connectivity index (χ3v) is 5.05.